The Morgan fingerprint density at radius 3 is 2.58 bits per heavy atom. The Hall–Kier alpha value is -3.06. The summed E-state index contributed by atoms with van der Waals surface area (Å²) in [6.45, 7) is 5.99. The number of hydrogen-bond donors (Lipinski definition) is 2. The van der Waals surface area contributed by atoms with Gasteiger partial charge in [0, 0.05) is 18.1 Å². The van der Waals surface area contributed by atoms with Crippen LogP contribution in [0.1, 0.15) is 48.4 Å². The Morgan fingerprint density at radius 2 is 1.87 bits per heavy atom. The zero-order valence-corrected chi connectivity index (χ0v) is 18.6. The maximum absolute atomic E-state index is 13.0. The second-order valence-electron chi connectivity index (χ2n) is 7.89. The van der Waals surface area contributed by atoms with Gasteiger partial charge in [0.05, 0.1) is 11.7 Å². The molecule has 0 saturated heterocycles. The molecule has 0 spiro atoms. The average molecular weight is 436 g/mol. The summed E-state index contributed by atoms with van der Waals surface area (Å²) in [6.07, 6.45) is 0.285. The first kappa shape index (κ1) is 21.2. The summed E-state index contributed by atoms with van der Waals surface area (Å²) >= 11 is 1.45. The highest BCUT2D eigenvalue weighted by Crippen LogP contribution is 2.35. The molecule has 0 unspecified atom stereocenters. The number of ether oxygens (including phenoxy) is 1. The molecule has 1 aliphatic heterocycles. The topological polar surface area (TPSA) is 84.1 Å². The van der Waals surface area contributed by atoms with E-state index in [1.165, 1.54) is 22.9 Å². The van der Waals surface area contributed by atoms with Gasteiger partial charge in [-0.15, -0.1) is 0 Å². The third-order valence-corrected chi connectivity index (χ3v) is 6.13. The lowest BCUT2D eigenvalue weighted by Gasteiger charge is -2.24. The van der Waals surface area contributed by atoms with Crippen LogP contribution in [0.15, 0.2) is 58.5 Å². The SMILES string of the molecule is Cc1ccccc1CSc1nc2c(c(=O)[nH]1)[C@@H](c1ccc(OC(C)C)cc1)CC(=O)N2. The number of H-pyrrole nitrogens is 1. The molecule has 7 heteroatoms. The van der Waals surface area contributed by atoms with Crippen molar-refractivity contribution in [2.24, 2.45) is 0 Å². The molecular weight excluding hydrogens is 410 g/mol. The van der Waals surface area contributed by atoms with Gasteiger partial charge in [-0.05, 0) is 49.6 Å². The summed E-state index contributed by atoms with van der Waals surface area (Å²) in [7, 11) is 0. The van der Waals surface area contributed by atoms with E-state index in [0.29, 0.717) is 22.3 Å². The molecule has 1 aromatic heterocycles. The predicted molar refractivity (Wildman–Crippen MR) is 123 cm³/mol. The minimum Gasteiger partial charge on any atom is -0.491 e. The fraction of sp³-hybridized carbons (Fsp3) is 0.292. The van der Waals surface area contributed by atoms with E-state index >= 15 is 0 Å². The summed E-state index contributed by atoms with van der Waals surface area (Å²) in [5, 5.41) is 3.27. The summed E-state index contributed by atoms with van der Waals surface area (Å²) < 4.78 is 5.70. The van der Waals surface area contributed by atoms with E-state index < -0.39 is 0 Å². The van der Waals surface area contributed by atoms with E-state index in [4.69, 9.17) is 4.74 Å². The van der Waals surface area contributed by atoms with E-state index in [2.05, 4.69) is 34.3 Å². The molecule has 160 valence electrons. The summed E-state index contributed by atoms with van der Waals surface area (Å²) in [4.78, 5) is 32.8. The Labute approximate surface area is 185 Å². The summed E-state index contributed by atoms with van der Waals surface area (Å²) in [6, 6.07) is 15.7. The van der Waals surface area contributed by atoms with Crippen molar-refractivity contribution in [2.45, 2.75) is 50.1 Å². The number of fused-ring (bicyclic) bond motifs is 1. The van der Waals surface area contributed by atoms with E-state index in [1.807, 2.05) is 50.2 Å². The minimum absolute atomic E-state index is 0.0784. The molecule has 2 N–H and O–H groups in total. The zero-order chi connectivity index (χ0) is 22.0. The van der Waals surface area contributed by atoms with Gasteiger partial charge in [-0.1, -0.05) is 48.2 Å². The van der Waals surface area contributed by atoms with Gasteiger partial charge >= 0.3 is 0 Å². The van der Waals surface area contributed by atoms with Gasteiger partial charge in [0.2, 0.25) is 5.91 Å². The number of aromatic amines is 1. The molecule has 1 aliphatic rings. The molecule has 2 heterocycles. The Balaban J connectivity index is 1.61. The van der Waals surface area contributed by atoms with Crippen LogP contribution in [0.2, 0.25) is 0 Å². The second kappa shape index (κ2) is 8.98. The molecule has 0 saturated carbocycles. The van der Waals surface area contributed by atoms with Gasteiger partial charge in [-0.3, -0.25) is 9.59 Å². The monoisotopic (exact) mass is 435 g/mol. The van der Waals surface area contributed by atoms with Crippen LogP contribution in [0.3, 0.4) is 0 Å². The molecule has 1 atom stereocenters. The highest BCUT2D eigenvalue weighted by Gasteiger charge is 2.31. The number of hydrogen-bond acceptors (Lipinski definition) is 5. The lowest BCUT2D eigenvalue weighted by Crippen LogP contribution is -2.31. The van der Waals surface area contributed by atoms with Gasteiger partial charge in [-0.25, -0.2) is 4.98 Å². The molecule has 2 aromatic carbocycles. The van der Waals surface area contributed by atoms with Crippen LogP contribution >= 0.6 is 11.8 Å². The molecular formula is C24H25N3O3S. The third-order valence-electron chi connectivity index (χ3n) is 5.21. The predicted octanol–water partition coefficient (Wildman–Crippen LogP) is 4.63. The number of anilines is 1. The molecule has 0 fully saturated rings. The Bertz CT molecular complexity index is 1160. The molecule has 0 bridgehead atoms. The first-order valence-corrected chi connectivity index (χ1v) is 11.3. The molecule has 0 radical (unpaired) electrons. The van der Waals surface area contributed by atoms with E-state index in [9.17, 15) is 9.59 Å². The van der Waals surface area contributed by atoms with Gasteiger partial charge in [0.25, 0.3) is 5.56 Å². The Kier molecular flexibility index (Phi) is 6.13. The van der Waals surface area contributed by atoms with Crippen molar-refractivity contribution < 1.29 is 9.53 Å². The van der Waals surface area contributed by atoms with Crippen LogP contribution in [0.25, 0.3) is 0 Å². The van der Waals surface area contributed by atoms with Crippen molar-refractivity contribution in [3.05, 3.63) is 81.1 Å². The van der Waals surface area contributed by atoms with Gasteiger partial charge in [-0.2, -0.15) is 0 Å². The van der Waals surface area contributed by atoms with E-state index in [1.54, 1.807) is 0 Å². The number of thioether (sulfide) groups is 1. The molecule has 3 aromatic rings. The van der Waals surface area contributed by atoms with Crippen LogP contribution < -0.4 is 15.6 Å². The maximum Gasteiger partial charge on any atom is 0.257 e. The fourth-order valence-electron chi connectivity index (χ4n) is 3.67. The second-order valence-corrected chi connectivity index (χ2v) is 8.85. The maximum atomic E-state index is 13.0. The van der Waals surface area contributed by atoms with Gasteiger partial charge in [0.15, 0.2) is 5.16 Å². The van der Waals surface area contributed by atoms with Crippen molar-refractivity contribution in [1.29, 1.82) is 0 Å². The number of rotatable bonds is 6. The number of amides is 1. The number of aryl methyl sites for hydroxylation is 1. The lowest BCUT2D eigenvalue weighted by molar-refractivity contribution is -0.116. The molecule has 6 nitrogen and oxygen atoms in total. The third kappa shape index (κ3) is 4.82. The van der Waals surface area contributed by atoms with Gasteiger partial charge < -0.3 is 15.0 Å². The number of nitrogens with one attached hydrogen (secondary N) is 2. The first-order chi connectivity index (χ1) is 14.9. The standard InChI is InChI=1S/C24H25N3O3S/c1-14(2)30-18-10-8-16(9-11-18)19-12-20(28)25-22-21(19)23(29)27-24(26-22)31-13-17-7-5-4-6-15(17)3/h4-11,14,19H,12-13H2,1-3H3,(H2,25,26,27,28,29)/t19-/m1/s1. The molecule has 1 amide bonds. The summed E-state index contributed by atoms with van der Waals surface area (Å²) in [5.41, 5.74) is 3.54. The highest BCUT2D eigenvalue weighted by atomic mass is 32.2. The fourth-order valence-corrected chi connectivity index (χ4v) is 4.61. The first-order valence-electron chi connectivity index (χ1n) is 10.3. The number of benzene rings is 2. The average Bonchev–Trinajstić information content (AvgIpc) is 2.72. The lowest BCUT2D eigenvalue weighted by atomic mass is 9.87. The van der Waals surface area contributed by atoms with Crippen LogP contribution in [0.5, 0.6) is 5.75 Å². The van der Waals surface area contributed by atoms with Crippen molar-refractivity contribution in [1.82, 2.24) is 9.97 Å². The number of aromatic nitrogens is 2. The number of carbonyl (C=O) groups excluding carboxylic acids is 1. The molecule has 0 aliphatic carbocycles. The van der Waals surface area contributed by atoms with E-state index in [0.717, 1.165) is 11.3 Å². The van der Waals surface area contributed by atoms with E-state index in [-0.39, 0.29) is 29.9 Å². The minimum atomic E-state index is -0.344. The summed E-state index contributed by atoms with van der Waals surface area (Å²) in [5.74, 6) is 1.30. The quantitative estimate of drug-likeness (QED) is 0.436. The zero-order valence-electron chi connectivity index (χ0n) is 17.8. The smallest absolute Gasteiger partial charge is 0.257 e. The molecule has 31 heavy (non-hydrogen) atoms. The van der Waals surface area contributed by atoms with Crippen molar-refractivity contribution in [2.75, 3.05) is 5.32 Å². The number of carbonyl (C=O) groups is 1. The number of nitrogens with zero attached hydrogens (tertiary/aromatic N) is 1. The van der Waals surface area contributed by atoms with Crippen molar-refractivity contribution in [3.63, 3.8) is 0 Å². The van der Waals surface area contributed by atoms with Crippen molar-refractivity contribution in [3.8, 4) is 5.75 Å². The van der Waals surface area contributed by atoms with Crippen LogP contribution in [-0.2, 0) is 10.5 Å². The Morgan fingerprint density at radius 1 is 1.13 bits per heavy atom. The van der Waals surface area contributed by atoms with Gasteiger partial charge in [0.1, 0.15) is 11.6 Å². The highest BCUT2D eigenvalue weighted by molar-refractivity contribution is 7.98. The van der Waals surface area contributed by atoms with Crippen LogP contribution in [0.4, 0.5) is 5.82 Å². The normalized spacial score (nSPS) is 15.5. The molecule has 4 rings (SSSR count). The largest absolute Gasteiger partial charge is 0.491 e. The van der Waals surface area contributed by atoms with Crippen molar-refractivity contribution >= 4 is 23.5 Å². The van der Waals surface area contributed by atoms with Crippen LogP contribution in [-0.4, -0.2) is 22.0 Å². The van der Waals surface area contributed by atoms with Crippen LogP contribution in [0, 0.1) is 6.92 Å².